The highest BCUT2D eigenvalue weighted by molar-refractivity contribution is 5.55. The van der Waals surface area contributed by atoms with Gasteiger partial charge in [0.25, 0.3) is 0 Å². The van der Waals surface area contributed by atoms with Gasteiger partial charge in [-0.1, -0.05) is 35.5 Å². The number of nitrogens with zero attached hydrogens (tertiary/aromatic N) is 4. The van der Waals surface area contributed by atoms with Crippen molar-refractivity contribution in [2.45, 2.75) is 24.5 Å². The molecular formula is C19H24N4O2. The van der Waals surface area contributed by atoms with Crippen molar-refractivity contribution in [2.75, 3.05) is 38.6 Å². The van der Waals surface area contributed by atoms with Crippen LogP contribution in [0.3, 0.4) is 0 Å². The summed E-state index contributed by atoms with van der Waals surface area (Å²) in [6, 6.07) is 10.6. The number of anilines is 1. The van der Waals surface area contributed by atoms with E-state index in [2.05, 4.69) is 34.0 Å². The van der Waals surface area contributed by atoms with Gasteiger partial charge in [0, 0.05) is 30.5 Å². The zero-order valence-electron chi connectivity index (χ0n) is 14.8. The summed E-state index contributed by atoms with van der Waals surface area (Å²) in [6.45, 7) is 2.91. The quantitative estimate of drug-likeness (QED) is 0.851. The van der Waals surface area contributed by atoms with Gasteiger partial charge in [-0.05, 0) is 26.9 Å². The Hall–Kier alpha value is -1.92. The fraction of sp³-hybridized carbons (Fsp3) is 0.579. The number of aromatic nitrogens is 2. The van der Waals surface area contributed by atoms with E-state index >= 15 is 0 Å². The molecule has 2 unspecified atom stereocenters. The van der Waals surface area contributed by atoms with Crippen molar-refractivity contribution in [3.63, 3.8) is 0 Å². The minimum Gasteiger partial charge on any atom is -0.369 e. The molecule has 1 aromatic carbocycles. The molecule has 25 heavy (non-hydrogen) atoms. The molecule has 4 heterocycles. The summed E-state index contributed by atoms with van der Waals surface area (Å²) in [6.07, 6.45) is 2.77. The summed E-state index contributed by atoms with van der Waals surface area (Å²) < 4.78 is 12.1. The Labute approximate surface area is 147 Å². The van der Waals surface area contributed by atoms with Crippen molar-refractivity contribution in [1.82, 2.24) is 15.0 Å². The first-order valence-corrected chi connectivity index (χ1v) is 9.11. The summed E-state index contributed by atoms with van der Waals surface area (Å²) in [5, 5.41) is 4.17. The molecule has 3 aliphatic heterocycles. The lowest BCUT2D eigenvalue weighted by Gasteiger charge is -2.30. The van der Waals surface area contributed by atoms with Crippen LogP contribution in [-0.4, -0.2) is 60.5 Å². The van der Waals surface area contributed by atoms with E-state index in [-0.39, 0.29) is 5.60 Å². The van der Waals surface area contributed by atoms with E-state index < -0.39 is 0 Å². The second-order valence-electron chi connectivity index (χ2n) is 7.94. The first-order valence-electron chi connectivity index (χ1n) is 9.11. The molecule has 0 amide bonds. The van der Waals surface area contributed by atoms with E-state index in [4.69, 9.17) is 9.26 Å². The summed E-state index contributed by atoms with van der Waals surface area (Å²) in [5.41, 5.74) is 0.977. The van der Waals surface area contributed by atoms with Crippen LogP contribution in [0.25, 0.3) is 11.4 Å². The summed E-state index contributed by atoms with van der Waals surface area (Å²) in [5.74, 6) is 1.81. The Morgan fingerprint density at radius 1 is 1.28 bits per heavy atom. The molecule has 1 aromatic heterocycles. The molecule has 5 rings (SSSR count). The first-order chi connectivity index (χ1) is 12.1. The lowest BCUT2D eigenvalue weighted by Crippen LogP contribution is -2.40. The predicted molar refractivity (Wildman–Crippen MR) is 94.3 cm³/mol. The number of rotatable bonds is 4. The fourth-order valence-electron chi connectivity index (χ4n) is 5.05. The minimum absolute atomic E-state index is 0.00722. The van der Waals surface area contributed by atoms with E-state index in [1.54, 1.807) is 0 Å². The van der Waals surface area contributed by atoms with Gasteiger partial charge in [0.15, 0.2) is 0 Å². The third kappa shape index (κ3) is 2.39. The van der Waals surface area contributed by atoms with Gasteiger partial charge in [-0.2, -0.15) is 4.98 Å². The van der Waals surface area contributed by atoms with Crippen molar-refractivity contribution in [1.29, 1.82) is 0 Å². The van der Waals surface area contributed by atoms with Crippen LogP contribution in [0.4, 0.5) is 6.01 Å². The van der Waals surface area contributed by atoms with Crippen molar-refractivity contribution in [3.8, 4) is 11.4 Å². The molecule has 3 aliphatic rings. The van der Waals surface area contributed by atoms with Gasteiger partial charge >= 0.3 is 6.01 Å². The number of hydrogen-bond acceptors (Lipinski definition) is 6. The first kappa shape index (κ1) is 15.3. The van der Waals surface area contributed by atoms with Gasteiger partial charge in [0.05, 0.1) is 18.2 Å². The molecular weight excluding hydrogens is 316 g/mol. The zero-order chi connectivity index (χ0) is 17.0. The molecule has 1 spiro atoms. The highest BCUT2D eigenvalue weighted by Gasteiger charge is 2.63. The topological polar surface area (TPSA) is 54.6 Å². The number of benzene rings is 1. The Morgan fingerprint density at radius 2 is 2.12 bits per heavy atom. The molecule has 0 N–H and O–H groups in total. The molecule has 0 radical (unpaired) electrons. The Balaban J connectivity index is 1.38. The number of hydrogen-bond donors (Lipinski definition) is 0. The van der Waals surface area contributed by atoms with Crippen LogP contribution in [0.1, 0.15) is 12.8 Å². The Bertz CT molecular complexity index is 762. The number of fused-ring (bicyclic) bond motifs is 1. The molecule has 0 aliphatic carbocycles. The SMILES string of the molecule is CN(C)CC1C2CC[C@]3(CN(c4nc(-c5ccccc5)no4)C[C@H]13)O2. The number of ether oxygens (including phenoxy) is 1. The van der Waals surface area contributed by atoms with Gasteiger partial charge in [0.1, 0.15) is 0 Å². The summed E-state index contributed by atoms with van der Waals surface area (Å²) >= 11 is 0. The van der Waals surface area contributed by atoms with Crippen LogP contribution in [0.5, 0.6) is 0 Å². The monoisotopic (exact) mass is 340 g/mol. The molecule has 3 fully saturated rings. The third-order valence-corrected chi connectivity index (χ3v) is 6.08. The third-order valence-electron chi connectivity index (χ3n) is 6.08. The highest BCUT2D eigenvalue weighted by atomic mass is 16.5. The predicted octanol–water partition coefficient (Wildman–Crippen LogP) is 2.28. The molecule has 132 valence electrons. The second-order valence-corrected chi connectivity index (χ2v) is 7.94. The van der Waals surface area contributed by atoms with Crippen molar-refractivity contribution in [3.05, 3.63) is 30.3 Å². The molecule has 4 atom stereocenters. The zero-order valence-corrected chi connectivity index (χ0v) is 14.8. The maximum Gasteiger partial charge on any atom is 0.324 e. The minimum atomic E-state index is -0.00722. The molecule has 2 aromatic rings. The van der Waals surface area contributed by atoms with E-state index in [9.17, 15) is 0 Å². The molecule has 6 nitrogen and oxygen atoms in total. The van der Waals surface area contributed by atoms with Gasteiger partial charge < -0.3 is 19.1 Å². The lowest BCUT2D eigenvalue weighted by atomic mass is 9.73. The van der Waals surface area contributed by atoms with Crippen LogP contribution < -0.4 is 4.90 Å². The van der Waals surface area contributed by atoms with Gasteiger partial charge in [-0.25, -0.2) is 0 Å². The van der Waals surface area contributed by atoms with E-state index in [1.807, 2.05) is 30.3 Å². The smallest absolute Gasteiger partial charge is 0.324 e. The Morgan fingerprint density at radius 3 is 2.92 bits per heavy atom. The van der Waals surface area contributed by atoms with Crippen LogP contribution in [0.15, 0.2) is 34.9 Å². The fourth-order valence-corrected chi connectivity index (χ4v) is 5.05. The van der Waals surface area contributed by atoms with E-state index in [0.717, 1.165) is 31.6 Å². The normalized spacial score (nSPS) is 33.4. The van der Waals surface area contributed by atoms with Gasteiger partial charge in [-0.15, -0.1) is 0 Å². The van der Waals surface area contributed by atoms with Crippen molar-refractivity contribution >= 4 is 6.01 Å². The largest absolute Gasteiger partial charge is 0.369 e. The van der Waals surface area contributed by atoms with Crippen LogP contribution in [0, 0.1) is 11.8 Å². The molecule has 3 saturated heterocycles. The van der Waals surface area contributed by atoms with Gasteiger partial charge in [-0.3, -0.25) is 0 Å². The maximum atomic E-state index is 6.48. The maximum absolute atomic E-state index is 6.48. The van der Waals surface area contributed by atoms with Crippen molar-refractivity contribution in [2.24, 2.45) is 11.8 Å². The summed E-state index contributed by atoms with van der Waals surface area (Å²) in [7, 11) is 4.30. The van der Waals surface area contributed by atoms with Crippen molar-refractivity contribution < 1.29 is 9.26 Å². The van der Waals surface area contributed by atoms with Crippen LogP contribution in [0.2, 0.25) is 0 Å². The molecule has 6 heteroatoms. The molecule has 0 saturated carbocycles. The van der Waals surface area contributed by atoms with E-state index in [0.29, 0.717) is 29.8 Å². The van der Waals surface area contributed by atoms with Crippen LogP contribution >= 0.6 is 0 Å². The standard InChI is InChI=1S/C19H24N4O2/c1-22(2)10-14-15-11-23(12-19(15)9-8-16(14)24-19)18-20-17(21-25-18)13-6-4-3-5-7-13/h3-7,14-16H,8-12H2,1-2H3/t14?,15-,16?,19-/m1/s1. The molecule has 2 bridgehead atoms. The highest BCUT2D eigenvalue weighted by Crippen LogP contribution is 2.55. The lowest BCUT2D eigenvalue weighted by molar-refractivity contribution is 0.0134. The average Bonchev–Trinajstić information content (AvgIpc) is 3.35. The van der Waals surface area contributed by atoms with E-state index in [1.165, 1.54) is 6.42 Å². The summed E-state index contributed by atoms with van der Waals surface area (Å²) in [4.78, 5) is 9.15. The van der Waals surface area contributed by atoms with Crippen LogP contribution in [-0.2, 0) is 4.74 Å². The Kier molecular flexibility index (Phi) is 3.40. The average molecular weight is 340 g/mol. The second kappa shape index (κ2) is 5.54. The van der Waals surface area contributed by atoms with Gasteiger partial charge in [0.2, 0.25) is 5.82 Å².